The first-order valence-electron chi connectivity index (χ1n) is 8.84. The second kappa shape index (κ2) is 11.2. The van der Waals surface area contributed by atoms with Crippen molar-refractivity contribution in [3.8, 4) is 0 Å². The van der Waals surface area contributed by atoms with Gasteiger partial charge in [-0.3, -0.25) is 0 Å². The van der Waals surface area contributed by atoms with E-state index in [1.807, 2.05) is 18.5 Å². The SMILES string of the molecule is CCCCNC(=NCc1ccc(C(F)(F)F)cc1)NCc1nnc(C)n1C.I. The van der Waals surface area contributed by atoms with Gasteiger partial charge in [0.15, 0.2) is 11.8 Å². The third-order valence-electron chi connectivity index (χ3n) is 4.12. The number of aryl methyl sites for hydroxylation is 1. The molecular formula is C18H26F3IN6. The summed E-state index contributed by atoms with van der Waals surface area (Å²) < 4.78 is 39.8. The maximum Gasteiger partial charge on any atom is 0.416 e. The summed E-state index contributed by atoms with van der Waals surface area (Å²) in [7, 11) is 1.88. The average molecular weight is 510 g/mol. The number of benzene rings is 1. The first-order chi connectivity index (χ1) is 12.8. The Morgan fingerprint density at radius 2 is 1.82 bits per heavy atom. The summed E-state index contributed by atoms with van der Waals surface area (Å²) in [5, 5.41) is 14.5. The molecule has 0 aliphatic heterocycles. The highest BCUT2D eigenvalue weighted by Gasteiger charge is 2.29. The Morgan fingerprint density at radius 3 is 2.36 bits per heavy atom. The number of nitrogens with one attached hydrogen (secondary N) is 2. The number of rotatable bonds is 7. The minimum atomic E-state index is -4.33. The summed E-state index contributed by atoms with van der Waals surface area (Å²) >= 11 is 0. The molecule has 1 aromatic carbocycles. The van der Waals surface area contributed by atoms with Gasteiger partial charge in [-0.2, -0.15) is 13.2 Å². The Hall–Kier alpha value is -1.85. The number of alkyl halides is 3. The number of hydrogen-bond donors (Lipinski definition) is 2. The molecule has 10 heteroatoms. The van der Waals surface area contributed by atoms with Crippen LogP contribution in [-0.2, 0) is 26.3 Å². The van der Waals surface area contributed by atoms with Gasteiger partial charge in [0.2, 0.25) is 0 Å². The number of aromatic nitrogens is 3. The molecule has 28 heavy (non-hydrogen) atoms. The minimum Gasteiger partial charge on any atom is -0.356 e. The molecule has 2 rings (SSSR count). The van der Waals surface area contributed by atoms with Crippen molar-refractivity contribution in [2.45, 2.75) is 46.0 Å². The molecule has 0 spiro atoms. The molecule has 2 N–H and O–H groups in total. The maximum absolute atomic E-state index is 12.6. The number of halogens is 4. The minimum absolute atomic E-state index is 0. The van der Waals surface area contributed by atoms with E-state index in [9.17, 15) is 13.2 Å². The lowest BCUT2D eigenvalue weighted by Crippen LogP contribution is -2.38. The number of aliphatic imine (C=N–C) groups is 1. The summed E-state index contributed by atoms with van der Waals surface area (Å²) in [4.78, 5) is 4.46. The molecule has 0 bridgehead atoms. The first kappa shape index (κ1) is 24.2. The van der Waals surface area contributed by atoms with Gasteiger partial charge >= 0.3 is 6.18 Å². The van der Waals surface area contributed by atoms with Gasteiger partial charge in [0.1, 0.15) is 5.82 Å². The van der Waals surface area contributed by atoms with E-state index >= 15 is 0 Å². The molecule has 0 fully saturated rings. The fourth-order valence-electron chi connectivity index (χ4n) is 2.30. The topological polar surface area (TPSA) is 67.1 Å². The summed E-state index contributed by atoms with van der Waals surface area (Å²) in [5.41, 5.74) is 0.0430. The van der Waals surface area contributed by atoms with Gasteiger partial charge in [-0.15, -0.1) is 34.2 Å². The van der Waals surface area contributed by atoms with Crippen molar-refractivity contribution in [3.05, 3.63) is 47.0 Å². The van der Waals surface area contributed by atoms with E-state index in [2.05, 4.69) is 32.7 Å². The van der Waals surface area contributed by atoms with Gasteiger partial charge in [-0.05, 0) is 31.0 Å². The molecule has 0 aliphatic carbocycles. The molecule has 0 unspecified atom stereocenters. The van der Waals surface area contributed by atoms with E-state index in [4.69, 9.17) is 0 Å². The van der Waals surface area contributed by atoms with Crippen molar-refractivity contribution in [1.29, 1.82) is 0 Å². The van der Waals surface area contributed by atoms with E-state index in [1.165, 1.54) is 12.1 Å². The molecule has 156 valence electrons. The van der Waals surface area contributed by atoms with Gasteiger partial charge in [0, 0.05) is 13.6 Å². The number of guanidine groups is 1. The molecule has 0 amide bonds. The Balaban J connectivity index is 0.00000392. The Bertz CT molecular complexity index is 756. The molecule has 6 nitrogen and oxygen atoms in total. The van der Waals surface area contributed by atoms with E-state index < -0.39 is 11.7 Å². The summed E-state index contributed by atoms with van der Waals surface area (Å²) in [6, 6.07) is 5.04. The van der Waals surface area contributed by atoms with Crippen molar-refractivity contribution in [3.63, 3.8) is 0 Å². The van der Waals surface area contributed by atoms with Crippen LogP contribution in [0.3, 0.4) is 0 Å². The highest BCUT2D eigenvalue weighted by molar-refractivity contribution is 14.0. The summed E-state index contributed by atoms with van der Waals surface area (Å²) in [6.45, 7) is 5.44. The predicted molar refractivity (Wildman–Crippen MR) is 113 cm³/mol. The van der Waals surface area contributed by atoms with Gasteiger partial charge in [0.05, 0.1) is 18.7 Å². The van der Waals surface area contributed by atoms with E-state index in [0.29, 0.717) is 18.1 Å². The van der Waals surface area contributed by atoms with Crippen LogP contribution < -0.4 is 10.6 Å². The van der Waals surface area contributed by atoms with Crippen molar-refractivity contribution < 1.29 is 13.2 Å². The van der Waals surface area contributed by atoms with Gasteiger partial charge in [-0.25, -0.2) is 4.99 Å². The van der Waals surface area contributed by atoms with Crippen LogP contribution >= 0.6 is 24.0 Å². The molecule has 0 saturated heterocycles. The lowest BCUT2D eigenvalue weighted by atomic mass is 10.1. The second-order valence-corrected chi connectivity index (χ2v) is 6.22. The summed E-state index contributed by atoms with van der Waals surface area (Å²) in [5.74, 6) is 2.17. The Kier molecular flexibility index (Phi) is 9.70. The summed E-state index contributed by atoms with van der Waals surface area (Å²) in [6.07, 6.45) is -2.30. The largest absolute Gasteiger partial charge is 0.416 e. The molecule has 0 radical (unpaired) electrons. The molecule has 1 heterocycles. The van der Waals surface area contributed by atoms with Crippen LogP contribution in [0.5, 0.6) is 0 Å². The van der Waals surface area contributed by atoms with Gasteiger partial charge in [0.25, 0.3) is 0 Å². The van der Waals surface area contributed by atoms with Crippen LogP contribution in [0, 0.1) is 6.92 Å². The van der Waals surface area contributed by atoms with Gasteiger partial charge < -0.3 is 15.2 Å². The maximum atomic E-state index is 12.6. The van der Waals surface area contributed by atoms with Crippen LogP contribution in [0.25, 0.3) is 0 Å². The van der Waals surface area contributed by atoms with Gasteiger partial charge in [-0.1, -0.05) is 25.5 Å². The van der Waals surface area contributed by atoms with Crippen molar-refractivity contribution >= 4 is 29.9 Å². The standard InChI is InChI=1S/C18H25F3N6.HI/c1-4-5-10-22-17(24-12-16-26-25-13(2)27(16)3)23-11-14-6-8-15(9-7-14)18(19,20)21;/h6-9H,4-5,10-12H2,1-3H3,(H2,22,23,24);1H. The fourth-order valence-corrected chi connectivity index (χ4v) is 2.30. The molecule has 0 atom stereocenters. The van der Waals surface area contributed by atoms with Crippen LogP contribution in [0.15, 0.2) is 29.3 Å². The number of hydrogen-bond acceptors (Lipinski definition) is 3. The third kappa shape index (κ3) is 7.28. The Labute approximate surface area is 180 Å². The molecular weight excluding hydrogens is 484 g/mol. The smallest absolute Gasteiger partial charge is 0.356 e. The molecule has 0 saturated carbocycles. The van der Waals surface area contributed by atoms with Crippen LogP contribution in [0.2, 0.25) is 0 Å². The number of nitrogens with zero attached hydrogens (tertiary/aromatic N) is 4. The lowest BCUT2D eigenvalue weighted by Gasteiger charge is -2.12. The first-order valence-corrected chi connectivity index (χ1v) is 8.84. The van der Waals surface area contributed by atoms with Crippen LogP contribution in [0.1, 0.15) is 42.5 Å². The van der Waals surface area contributed by atoms with E-state index in [-0.39, 0.29) is 30.5 Å². The number of unbranched alkanes of at least 4 members (excludes halogenated alkanes) is 1. The molecule has 1 aromatic heterocycles. The fraction of sp³-hybridized carbons (Fsp3) is 0.500. The van der Waals surface area contributed by atoms with Crippen LogP contribution in [0.4, 0.5) is 13.2 Å². The third-order valence-corrected chi connectivity index (χ3v) is 4.12. The normalized spacial score (nSPS) is 11.9. The highest BCUT2D eigenvalue weighted by atomic mass is 127. The zero-order valence-corrected chi connectivity index (χ0v) is 18.5. The van der Waals surface area contributed by atoms with E-state index in [0.717, 1.165) is 43.2 Å². The monoisotopic (exact) mass is 510 g/mol. The van der Waals surface area contributed by atoms with Crippen molar-refractivity contribution in [2.75, 3.05) is 6.54 Å². The zero-order chi connectivity index (χ0) is 19.9. The Morgan fingerprint density at radius 1 is 1.14 bits per heavy atom. The molecule has 2 aromatic rings. The molecule has 0 aliphatic rings. The lowest BCUT2D eigenvalue weighted by molar-refractivity contribution is -0.137. The quantitative estimate of drug-likeness (QED) is 0.258. The van der Waals surface area contributed by atoms with E-state index in [1.54, 1.807) is 0 Å². The second-order valence-electron chi connectivity index (χ2n) is 6.22. The van der Waals surface area contributed by atoms with Crippen molar-refractivity contribution in [1.82, 2.24) is 25.4 Å². The zero-order valence-electron chi connectivity index (χ0n) is 16.2. The van der Waals surface area contributed by atoms with Crippen LogP contribution in [-0.4, -0.2) is 27.3 Å². The predicted octanol–water partition coefficient (Wildman–Crippen LogP) is 3.80. The highest BCUT2D eigenvalue weighted by Crippen LogP contribution is 2.29. The van der Waals surface area contributed by atoms with Crippen molar-refractivity contribution in [2.24, 2.45) is 12.0 Å². The average Bonchev–Trinajstić information content (AvgIpc) is 2.95.